The van der Waals surface area contributed by atoms with E-state index in [-0.39, 0.29) is 11.4 Å². The topological polar surface area (TPSA) is 90.0 Å². The summed E-state index contributed by atoms with van der Waals surface area (Å²) in [6, 6.07) is 6.12. The van der Waals surface area contributed by atoms with Gasteiger partial charge in [-0.25, -0.2) is 4.68 Å². The second kappa shape index (κ2) is 6.68. The summed E-state index contributed by atoms with van der Waals surface area (Å²) in [5, 5.41) is 11.9. The molecule has 1 atom stereocenters. The number of fused-ring (bicyclic) bond motifs is 1. The first kappa shape index (κ1) is 17.2. The van der Waals surface area contributed by atoms with E-state index < -0.39 is 11.6 Å². The number of para-hydroxylation sites is 1. The third-order valence-electron chi connectivity index (χ3n) is 4.01. The molecule has 0 fully saturated rings. The Bertz CT molecular complexity index is 1010. The molecule has 2 heterocycles. The highest BCUT2D eigenvalue weighted by atomic mass is 35.5. The van der Waals surface area contributed by atoms with E-state index in [9.17, 15) is 9.59 Å². The Morgan fingerprint density at radius 2 is 2.08 bits per heavy atom. The van der Waals surface area contributed by atoms with Crippen LogP contribution in [0.5, 0.6) is 0 Å². The molecule has 25 heavy (non-hydrogen) atoms. The van der Waals surface area contributed by atoms with Crippen molar-refractivity contribution in [2.45, 2.75) is 33.2 Å². The lowest BCUT2D eigenvalue weighted by Gasteiger charge is -2.17. The molecule has 0 radical (unpaired) electrons. The van der Waals surface area contributed by atoms with E-state index in [1.54, 1.807) is 45.0 Å². The molecule has 0 saturated heterocycles. The number of aryl methyl sites for hydroxylation is 2. The van der Waals surface area contributed by atoms with Crippen molar-refractivity contribution in [2.75, 3.05) is 5.32 Å². The van der Waals surface area contributed by atoms with Gasteiger partial charge in [0.05, 0.1) is 21.8 Å². The minimum absolute atomic E-state index is 0.175. The third-order valence-corrected chi connectivity index (χ3v) is 4.34. The van der Waals surface area contributed by atoms with E-state index in [0.29, 0.717) is 34.0 Å². The Kier molecular flexibility index (Phi) is 4.59. The number of carbonyl (C=O) groups excluding carboxylic acids is 1. The maximum atomic E-state index is 12.7. The highest BCUT2D eigenvalue weighted by Gasteiger charge is 2.25. The normalized spacial score (nSPS) is 12.3. The van der Waals surface area contributed by atoms with Gasteiger partial charge in [0.25, 0.3) is 5.56 Å². The first-order valence-electron chi connectivity index (χ1n) is 7.84. The molecule has 8 heteroatoms. The van der Waals surface area contributed by atoms with Crippen LogP contribution in [0, 0.1) is 13.8 Å². The predicted octanol–water partition coefficient (Wildman–Crippen LogP) is 3.24. The molecular weight excluding hydrogens is 344 g/mol. The number of anilines is 1. The van der Waals surface area contributed by atoms with Crippen LogP contribution in [-0.4, -0.2) is 20.8 Å². The quantitative estimate of drug-likeness (QED) is 0.771. The summed E-state index contributed by atoms with van der Waals surface area (Å²) in [5.41, 5.74) is 0.778. The van der Waals surface area contributed by atoms with Crippen LogP contribution in [0.2, 0.25) is 5.02 Å². The van der Waals surface area contributed by atoms with Gasteiger partial charge >= 0.3 is 0 Å². The summed E-state index contributed by atoms with van der Waals surface area (Å²) in [7, 11) is 0. The molecular formula is C17H17ClN4O3. The van der Waals surface area contributed by atoms with Gasteiger partial charge in [0.15, 0.2) is 5.52 Å². The smallest absolute Gasteiger partial charge is 0.297 e. The Hall–Kier alpha value is -2.67. The van der Waals surface area contributed by atoms with Crippen molar-refractivity contribution in [3.63, 3.8) is 0 Å². The second-order valence-electron chi connectivity index (χ2n) is 5.69. The number of aromatic nitrogens is 3. The molecule has 3 aromatic rings. The standard InChI is InChI=1S/C17H17ClN4O3/c1-4-13(16(23)19-12-8-6-5-7-11(12)18)22-17(24)15-14(9(2)20-22)10(3)25-21-15/h5-8,13H,4H2,1-3H3,(H,19,23)/t13-/m1/s1. The molecule has 0 saturated carbocycles. The lowest BCUT2D eigenvalue weighted by Crippen LogP contribution is -2.35. The molecule has 1 aromatic carbocycles. The number of hydrogen-bond donors (Lipinski definition) is 1. The van der Waals surface area contributed by atoms with Crippen LogP contribution < -0.4 is 10.9 Å². The SMILES string of the molecule is CC[C@H](C(=O)Nc1ccccc1Cl)n1nc(C)c2c(C)onc2c1=O. The predicted molar refractivity (Wildman–Crippen MR) is 94.9 cm³/mol. The first-order valence-corrected chi connectivity index (χ1v) is 8.22. The summed E-state index contributed by atoms with van der Waals surface area (Å²) in [6.45, 7) is 5.27. The number of halogens is 1. The van der Waals surface area contributed by atoms with Gasteiger partial charge in [-0.05, 0) is 32.4 Å². The highest BCUT2D eigenvalue weighted by Crippen LogP contribution is 2.23. The average molecular weight is 361 g/mol. The van der Waals surface area contributed by atoms with Crippen LogP contribution in [0.1, 0.15) is 30.8 Å². The van der Waals surface area contributed by atoms with Crippen molar-refractivity contribution in [1.82, 2.24) is 14.9 Å². The first-order chi connectivity index (χ1) is 11.9. The maximum Gasteiger partial charge on any atom is 0.297 e. The van der Waals surface area contributed by atoms with Crippen LogP contribution in [0.4, 0.5) is 5.69 Å². The molecule has 7 nitrogen and oxygen atoms in total. The van der Waals surface area contributed by atoms with Crippen molar-refractivity contribution in [3.8, 4) is 0 Å². The molecule has 1 N–H and O–H groups in total. The maximum absolute atomic E-state index is 12.7. The van der Waals surface area contributed by atoms with Crippen molar-refractivity contribution in [2.24, 2.45) is 0 Å². The van der Waals surface area contributed by atoms with E-state index in [4.69, 9.17) is 16.1 Å². The second-order valence-corrected chi connectivity index (χ2v) is 6.10. The summed E-state index contributed by atoms with van der Waals surface area (Å²) in [4.78, 5) is 25.4. The summed E-state index contributed by atoms with van der Waals surface area (Å²) in [5.74, 6) is 0.155. The van der Waals surface area contributed by atoms with Crippen LogP contribution in [0.3, 0.4) is 0 Å². The van der Waals surface area contributed by atoms with E-state index in [2.05, 4.69) is 15.6 Å². The number of carbonyl (C=O) groups is 1. The van der Waals surface area contributed by atoms with Crippen LogP contribution >= 0.6 is 11.6 Å². The van der Waals surface area contributed by atoms with E-state index in [1.165, 1.54) is 0 Å². The number of amides is 1. The Morgan fingerprint density at radius 3 is 2.76 bits per heavy atom. The summed E-state index contributed by atoms with van der Waals surface area (Å²) >= 11 is 6.08. The van der Waals surface area contributed by atoms with Crippen molar-refractivity contribution in [1.29, 1.82) is 0 Å². The van der Waals surface area contributed by atoms with Gasteiger partial charge in [-0.3, -0.25) is 9.59 Å². The largest absolute Gasteiger partial charge is 0.360 e. The highest BCUT2D eigenvalue weighted by molar-refractivity contribution is 6.33. The lowest BCUT2D eigenvalue weighted by atomic mass is 10.2. The minimum atomic E-state index is -0.788. The van der Waals surface area contributed by atoms with Crippen molar-refractivity contribution in [3.05, 3.63) is 51.1 Å². The lowest BCUT2D eigenvalue weighted by molar-refractivity contribution is -0.119. The molecule has 0 unspecified atom stereocenters. The fourth-order valence-corrected chi connectivity index (χ4v) is 2.95. The zero-order valence-electron chi connectivity index (χ0n) is 14.0. The summed E-state index contributed by atoms with van der Waals surface area (Å²) in [6.07, 6.45) is 0.380. The van der Waals surface area contributed by atoms with E-state index in [0.717, 1.165) is 4.68 Å². The van der Waals surface area contributed by atoms with Crippen molar-refractivity contribution >= 4 is 34.1 Å². The molecule has 2 aromatic heterocycles. The van der Waals surface area contributed by atoms with Crippen LogP contribution in [0.15, 0.2) is 33.6 Å². The fourth-order valence-electron chi connectivity index (χ4n) is 2.77. The van der Waals surface area contributed by atoms with Gasteiger partial charge in [0.1, 0.15) is 11.8 Å². The zero-order valence-corrected chi connectivity index (χ0v) is 14.8. The molecule has 0 bridgehead atoms. The Morgan fingerprint density at radius 1 is 1.36 bits per heavy atom. The molecule has 3 rings (SSSR count). The van der Waals surface area contributed by atoms with Gasteiger partial charge in [0.2, 0.25) is 5.91 Å². The number of nitrogens with one attached hydrogen (secondary N) is 1. The molecule has 0 aliphatic rings. The number of hydrogen-bond acceptors (Lipinski definition) is 5. The molecule has 0 aliphatic carbocycles. The van der Waals surface area contributed by atoms with Crippen LogP contribution in [-0.2, 0) is 4.79 Å². The Balaban J connectivity index is 2.02. The number of benzene rings is 1. The van der Waals surface area contributed by atoms with Crippen molar-refractivity contribution < 1.29 is 9.32 Å². The minimum Gasteiger partial charge on any atom is -0.360 e. The Labute approximate surface area is 148 Å². The van der Waals surface area contributed by atoms with Gasteiger partial charge in [-0.2, -0.15) is 5.10 Å². The summed E-state index contributed by atoms with van der Waals surface area (Å²) < 4.78 is 6.25. The van der Waals surface area contributed by atoms with Crippen LogP contribution in [0.25, 0.3) is 10.9 Å². The van der Waals surface area contributed by atoms with E-state index >= 15 is 0 Å². The number of rotatable bonds is 4. The van der Waals surface area contributed by atoms with Gasteiger partial charge in [-0.15, -0.1) is 0 Å². The molecule has 0 aliphatic heterocycles. The number of nitrogens with zero attached hydrogens (tertiary/aromatic N) is 3. The molecule has 0 spiro atoms. The average Bonchev–Trinajstić information content (AvgIpc) is 2.97. The third kappa shape index (κ3) is 3.02. The van der Waals surface area contributed by atoms with E-state index in [1.807, 2.05) is 0 Å². The molecule has 1 amide bonds. The van der Waals surface area contributed by atoms with Gasteiger partial charge in [0, 0.05) is 0 Å². The van der Waals surface area contributed by atoms with Gasteiger partial charge in [-0.1, -0.05) is 35.8 Å². The van der Waals surface area contributed by atoms with Gasteiger partial charge < -0.3 is 9.84 Å². The fraction of sp³-hybridized carbons (Fsp3) is 0.294. The monoisotopic (exact) mass is 360 g/mol. The molecule has 130 valence electrons. The zero-order chi connectivity index (χ0) is 18.1.